The summed E-state index contributed by atoms with van der Waals surface area (Å²) in [5, 5.41) is 4.44. The summed E-state index contributed by atoms with van der Waals surface area (Å²) < 4.78 is 5.76. The van der Waals surface area contributed by atoms with Crippen molar-refractivity contribution in [1.82, 2.24) is 4.98 Å². The van der Waals surface area contributed by atoms with Crippen LogP contribution in [-0.2, 0) is 6.54 Å². The van der Waals surface area contributed by atoms with E-state index in [2.05, 4.69) is 22.4 Å². The fourth-order valence-electron chi connectivity index (χ4n) is 2.07. The molecule has 0 unspecified atom stereocenters. The van der Waals surface area contributed by atoms with Gasteiger partial charge >= 0.3 is 0 Å². The van der Waals surface area contributed by atoms with Gasteiger partial charge in [-0.25, -0.2) is 4.98 Å². The third kappa shape index (κ3) is 2.59. The van der Waals surface area contributed by atoms with Gasteiger partial charge in [-0.1, -0.05) is 18.2 Å². The number of para-hydroxylation sites is 1. The van der Waals surface area contributed by atoms with Crippen molar-refractivity contribution in [2.24, 2.45) is 0 Å². The molecule has 0 radical (unpaired) electrons. The first-order valence-corrected chi connectivity index (χ1v) is 6.57. The van der Waals surface area contributed by atoms with Crippen molar-refractivity contribution in [3.05, 3.63) is 54.4 Å². The van der Waals surface area contributed by atoms with E-state index in [-0.39, 0.29) is 0 Å². The third-order valence-electron chi connectivity index (χ3n) is 3.15. The lowest BCUT2D eigenvalue weighted by molar-refractivity contribution is 0.559. The highest BCUT2D eigenvalue weighted by atomic mass is 16.3. The molecule has 0 atom stereocenters. The number of furan rings is 1. The highest BCUT2D eigenvalue weighted by Crippen LogP contribution is 2.20. The van der Waals surface area contributed by atoms with Gasteiger partial charge in [-0.15, -0.1) is 0 Å². The van der Waals surface area contributed by atoms with E-state index in [9.17, 15) is 0 Å². The van der Waals surface area contributed by atoms with Gasteiger partial charge in [-0.3, -0.25) is 0 Å². The van der Waals surface area contributed by atoms with E-state index in [4.69, 9.17) is 4.42 Å². The van der Waals surface area contributed by atoms with E-state index < -0.39 is 0 Å². The second-order valence-electron chi connectivity index (χ2n) is 4.90. The van der Waals surface area contributed by atoms with E-state index in [1.807, 2.05) is 55.5 Å². The van der Waals surface area contributed by atoms with E-state index >= 15 is 0 Å². The molecule has 0 saturated carbocycles. The normalized spacial score (nSPS) is 10.7. The van der Waals surface area contributed by atoms with Crippen LogP contribution in [0.2, 0.25) is 0 Å². The van der Waals surface area contributed by atoms with Crippen molar-refractivity contribution in [2.75, 3.05) is 24.3 Å². The highest BCUT2D eigenvalue weighted by Gasteiger charge is 2.03. The van der Waals surface area contributed by atoms with Crippen LogP contribution in [0.1, 0.15) is 5.76 Å². The SMILES string of the molecule is CN(C)c1ccc(NCc2cc3ccccc3o2)cn1. The van der Waals surface area contributed by atoms with Gasteiger partial charge in [0.25, 0.3) is 0 Å². The molecule has 4 nitrogen and oxygen atoms in total. The van der Waals surface area contributed by atoms with Crippen molar-refractivity contribution in [3.63, 3.8) is 0 Å². The number of benzene rings is 1. The molecule has 0 fully saturated rings. The quantitative estimate of drug-likeness (QED) is 0.785. The van der Waals surface area contributed by atoms with Gasteiger partial charge in [0.1, 0.15) is 17.2 Å². The van der Waals surface area contributed by atoms with Gasteiger partial charge in [0, 0.05) is 19.5 Å². The van der Waals surface area contributed by atoms with Gasteiger partial charge in [0.05, 0.1) is 18.4 Å². The Kier molecular flexibility index (Phi) is 3.29. The second-order valence-corrected chi connectivity index (χ2v) is 4.90. The molecule has 2 aromatic heterocycles. The lowest BCUT2D eigenvalue weighted by Crippen LogP contribution is -2.10. The molecule has 0 aliphatic rings. The monoisotopic (exact) mass is 267 g/mol. The minimum atomic E-state index is 0.650. The van der Waals surface area contributed by atoms with Crippen LogP contribution >= 0.6 is 0 Å². The first-order chi connectivity index (χ1) is 9.72. The van der Waals surface area contributed by atoms with Crippen molar-refractivity contribution in [1.29, 1.82) is 0 Å². The Morgan fingerprint density at radius 3 is 2.70 bits per heavy atom. The van der Waals surface area contributed by atoms with Crippen LogP contribution in [0.3, 0.4) is 0 Å². The Morgan fingerprint density at radius 1 is 1.15 bits per heavy atom. The van der Waals surface area contributed by atoms with Gasteiger partial charge in [-0.2, -0.15) is 0 Å². The number of hydrogen-bond donors (Lipinski definition) is 1. The molecule has 20 heavy (non-hydrogen) atoms. The summed E-state index contributed by atoms with van der Waals surface area (Å²) in [5.41, 5.74) is 1.90. The first-order valence-electron chi connectivity index (χ1n) is 6.57. The van der Waals surface area contributed by atoms with Gasteiger partial charge in [0.2, 0.25) is 0 Å². The molecule has 0 spiro atoms. The Hall–Kier alpha value is -2.49. The molecular weight excluding hydrogens is 250 g/mol. The average Bonchev–Trinajstić information content (AvgIpc) is 2.88. The Labute approximate surface area is 118 Å². The maximum absolute atomic E-state index is 5.76. The maximum atomic E-state index is 5.76. The predicted molar refractivity (Wildman–Crippen MR) is 82.1 cm³/mol. The van der Waals surface area contributed by atoms with Gasteiger partial charge < -0.3 is 14.6 Å². The molecule has 1 N–H and O–H groups in total. The molecule has 0 amide bonds. The number of nitrogens with one attached hydrogen (secondary N) is 1. The third-order valence-corrected chi connectivity index (χ3v) is 3.15. The van der Waals surface area contributed by atoms with Crippen LogP contribution < -0.4 is 10.2 Å². The molecule has 3 aromatic rings. The van der Waals surface area contributed by atoms with Crippen LogP contribution in [0, 0.1) is 0 Å². The van der Waals surface area contributed by atoms with E-state index in [0.717, 1.165) is 28.2 Å². The average molecular weight is 267 g/mol. The molecule has 102 valence electrons. The number of aromatic nitrogens is 1. The van der Waals surface area contributed by atoms with Crippen LogP contribution in [0.4, 0.5) is 11.5 Å². The maximum Gasteiger partial charge on any atom is 0.134 e. The predicted octanol–water partition coefficient (Wildman–Crippen LogP) is 3.51. The van der Waals surface area contributed by atoms with E-state index in [0.29, 0.717) is 6.54 Å². The summed E-state index contributed by atoms with van der Waals surface area (Å²) in [7, 11) is 3.95. The number of rotatable bonds is 4. The lowest BCUT2D eigenvalue weighted by Gasteiger charge is -2.11. The van der Waals surface area contributed by atoms with Crippen molar-refractivity contribution < 1.29 is 4.42 Å². The zero-order valence-electron chi connectivity index (χ0n) is 11.6. The Balaban J connectivity index is 1.69. The van der Waals surface area contributed by atoms with Crippen LogP contribution in [0.15, 0.2) is 53.1 Å². The number of hydrogen-bond acceptors (Lipinski definition) is 4. The molecule has 2 heterocycles. The molecule has 3 rings (SSSR count). The molecule has 4 heteroatoms. The van der Waals surface area contributed by atoms with E-state index in [1.54, 1.807) is 0 Å². The highest BCUT2D eigenvalue weighted by molar-refractivity contribution is 5.77. The minimum absolute atomic E-state index is 0.650. The number of anilines is 2. The number of nitrogens with zero attached hydrogens (tertiary/aromatic N) is 2. The molecule has 0 aliphatic carbocycles. The second kappa shape index (κ2) is 5.25. The van der Waals surface area contributed by atoms with Crippen molar-refractivity contribution >= 4 is 22.5 Å². The summed E-state index contributed by atoms with van der Waals surface area (Å²) in [6, 6.07) is 14.1. The Morgan fingerprint density at radius 2 is 2.00 bits per heavy atom. The largest absolute Gasteiger partial charge is 0.459 e. The molecule has 0 bridgehead atoms. The Bertz CT molecular complexity index is 668. The molecular formula is C16H17N3O. The van der Waals surface area contributed by atoms with Crippen LogP contribution in [0.5, 0.6) is 0 Å². The molecule has 0 saturated heterocycles. The number of fused-ring (bicyclic) bond motifs is 1. The zero-order valence-corrected chi connectivity index (χ0v) is 11.6. The lowest BCUT2D eigenvalue weighted by atomic mass is 10.2. The summed E-state index contributed by atoms with van der Waals surface area (Å²) in [6.07, 6.45) is 1.83. The van der Waals surface area contributed by atoms with Gasteiger partial charge in [-0.05, 0) is 24.3 Å². The topological polar surface area (TPSA) is 41.3 Å². The smallest absolute Gasteiger partial charge is 0.134 e. The van der Waals surface area contributed by atoms with Crippen molar-refractivity contribution in [2.45, 2.75) is 6.54 Å². The summed E-state index contributed by atoms with van der Waals surface area (Å²) in [6.45, 7) is 0.650. The summed E-state index contributed by atoms with van der Waals surface area (Å²) in [5.74, 6) is 1.86. The molecule has 1 aromatic carbocycles. The fraction of sp³-hybridized carbons (Fsp3) is 0.188. The summed E-state index contributed by atoms with van der Waals surface area (Å²) >= 11 is 0. The van der Waals surface area contributed by atoms with Crippen molar-refractivity contribution in [3.8, 4) is 0 Å². The molecule has 0 aliphatic heterocycles. The minimum Gasteiger partial charge on any atom is -0.459 e. The zero-order chi connectivity index (χ0) is 13.9. The van der Waals surface area contributed by atoms with Crippen LogP contribution in [-0.4, -0.2) is 19.1 Å². The standard InChI is InChI=1S/C16H17N3O/c1-19(2)16-8-7-13(10-18-16)17-11-14-9-12-5-3-4-6-15(12)20-14/h3-10,17H,11H2,1-2H3. The fourth-order valence-corrected chi connectivity index (χ4v) is 2.07. The number of pyridine rings is 1. The van der Waals surface area contributed by atoms with Gasteiger partial charge in [0.15, 0.2) is 0 Å². The first kappa shape index (κ1) is 12.5. The van der Waals surface area contributed by atoms with Crippen LogP contribution in [0.25, 0.3) is 11.0 Å². The summed E-state index contributed by atoms with van der Waals surface area (Å²) in [4.78, 5) is 6.34. The van der Waals surface area contributed by atoms with E-state index in [1.165, 1.54) is 0 Å².